The molecule has 0 spiro atoms. The van der Waals surface area contributed by atoms with Crippen LogP contribution in [0.3, 0.4) is 0 Å². The molecule has 0 radical (unpaired) electrons. The number of nitrogens with zero attached hydrogens (tertiary/aromatic N) is 1. The third kappa shape index (κ3) is 3.62. The van der Waals surface area contributed by atoms with Crippen molar-refractivity contribution in [3.8, 4) is 5.75 Å². The van der Waals surface area contributed by atoms with Crippen LogP contribution in [0, 0.1) is 5.92 Å². The number of hydrogen-bond acceptors (Lipinski definition) is 3. The molecule has 0 amide bonds. The zero-order chi connectivity index (χ0) is 13.8. The molecule has 1 atom stereocenters. The molecular formula is C15H23ClN2O. The Morgan fingerprint density at radius 3 is 2.95 bits per heavy atom. The van der Waals surface area contributed by atoms with Crippen LogP contribution in [0.15, 0.2) is 12.1 Å². The van der Waals surface area contributed by atoms with Gasteiger partial charge in [0.25, 0.3) is 0 Å². The van der Waals surface area contributed by atoms with Gasteiger partial charge in [0.2, 0.25) is 0 Å². The van der Waals surface area contributed by atoms with E-state index in [4.69, 9.17) is 22.1 Å². The summed E-state index contributed by atoms with van der Waals surface area (Å²) in [5.74, 6) is 1.55. The summed E-state index contributed by atoms with van der Waals surface area (Å²) in [6.07, 6.45) is 0.966. The first-order valence-electron chi connectivity index (χ1n) is 7.00. The van der Waals surface area contributed by atoms with Crippen LogP contribution in [0.5, 0.6) is 5.75 Å². The number of halogens is 1. The lowest BCUT2D eigenvalue weighted by atomic mass is 10.1. The van der Waals surface area contributed by atoms with Crippen LogP contribution in [-0.2, 0) is 13.0 Å². The molecule has 106 valence electrons. The van der Waals surface area contributed by atoms with Gasteiger partial charge in [0.05, 0.1) is 6.61 Å². The van der Waals surface area contributed by atoms with Gasteiger partial charge in [0.15, 0.2) is 0 Å². The van der Waals surface area contributed by atoms with Gasteiger partial charge >= 0.3 is 0 Å². The maximum atomic E-state index is 6.19. The van der Waals surface area contributed by atoms with Crippen molar-refractivity contribution < 1.29 is 4.74 Å². The lowest BCUT2D eigenvalue weighted by molar-refractivity contribution is 0.239. The largest absolute Gasteiger partial charge is 0.493 e. The van der Waals surface area contributed by atoms with E-state index >= 15 is 0 Å². The molecule has 1 heterocycles. The molecule has 4 heteroatoms. The Hall–Kier alpha value is -0.770. The minimum atomic E-state index is 0.508. The number of ether oxygens (including phenoxy) is 1. The highest BCUT2D eigenvalue weighted by Gasteiger charge is 2.19. The van der Waals surface area contributed by atoms with Crippen molar-refractivity contribution in [2.24, 2.45) is 11.7 Å². The highest BCUT2D eigenvalue weighted by atomic mass is 35.5. The van der Waals surface area contributed by atoms with Crippen molar-refractivity contribution in [3.63, 3.8) is 0 Å². The average molecular weight is 283 g/mol. The molecule has 0 aromatic heterocycles. The van der Waals surface area contributed by atoms with E-state index in [2.05, 4.69) is 18.7 Å². The normalized spacial score (nSPS) is 15.4. The summed E-state index contributed by atoms with van der Waals surface area (Å²) in [6.45, 7) is 8.74. The van der Waals surface area contributed by atoms with Crippen molar-refractivity contribution in [2.45, 2.75) is 26.8 Å². The van der Waals surface area contributed by atoms with Crippen LogP contribution in [0.25, 0.3) is 0 Å². The minimum Gasteiger partial charge on any atom is -0.493 e. The zero-order valence-electron chi connectivity index (χ0n) is 11.8. The summed E-state index contributed by atoms with van der Waals surface area (Å²) in [5.41, 5.74) is 8.15. The summed E-state index contributed by atoms with van der Waals surface area (Å²) < 4.78 is 5.75. The molecule has 0 saturated carbocycles. The van der Waals surface area contributed by atoms with E-state index < -0.39 is 0 Å². The first-order chi connectivity index (χ1) is 9.13. The van der Waals surface area contributed by atoms with E-state index in [1.807, 2.05) is 12.1 Å². The number of benzene rings is 1. The number of rotatable bonds is 6. The lowest BCUT2D eigenvalue weighted by Crippen LogP contribution is -2.31. The summed E-state index contributed by atoms with van der Waals surface area (Å²) in [5, 5.41) is 0.808. The van der Waals surface area contributed by atoms with E-state index in [0.29, 0.717) is 5.92 Å². The molecule has 19 heavy (non-hydrogen) atoms. The molecule has 2 rings (SSSR count). The standard InChI is InChI=1S/C15H23ClN2O/c1-3-18(9-11(2)8-17)10-13-7-14(16)6-12-4-5-19-15(12)13/h6-7,11H,3-5,8-10,17H2,1-2H3. The third-order valence-electron chi connectivity index (χ3n) is 3.64. The monoisotopic (exact) mass is 282 g/mol. The smallest absolute Gasteiger partial charge is 0.127 e. The van der Waals surface area contributed by atoms with Gasteiger partial charge in [-0.1, -0.05) is 25.4 Å². The third-order valence-corrected chi connectivity index (χ3v) is 3.86. The van der Waals surface area contributed by atoms with Crippen molar-refractivity contribution >= 4 is 11.6 Å². The second-order valence-corrected chi connectivity index (χ2v) is 5.76. The van der Waals surface area contributed by atoms with Gasteiger partial charge in [-0.05, 0) is 36.7 Å². The summed E-state index contributed by atoms with van der Waals surface area (Å²) >= 11 is 6.19. The average Bonchev–Trinajstić information content (AvgIpc) is 2.85. The van der Waals surface area contributed by atoms with Crippen LogP contribution in [0.2, 0.25) is 5.02 Å². The van der Waals surface area contributed by atoms with Gasteiger partial charge in [0, 0.05) is 30.1 Å². The van der Waals surface area contributed by atoms with Crippen molar-refractivity contribution in [1.29, 1.82) is 0 Å². The van der Waals surface area contributed by atoms with Crippen LogP contribution in [0.4, 0.5) is 0 Å². The van der Waals surface area contributed by atoms with E-state index in [1.54, 1.807) is 0 Å². The summed E-state index contributed by atoms with van der Waals surface area (Å²) in [6, 6.07) is 4.05. The Kier molecular flexibility index (Phi) is 5.08. The Balaban J connectivity index is 2.13. The maximum Gasteiger partial charge on any atom is 0.127 e. The Labute approximate surface area is 120 Å². The first kappa shape index (κ1) is 14.6. The van der Waals surface area contributed by atoms with E-state index in [-0.39, 0.29) is 0 Å². The predicted molar refractivity (Wildman–Crippen MR) is 79.8 cm³/mol. The highest BCUT2D eigenvalue weighted by molar-refractivity contribution is 6.30. The molecule has 0 bridgehead atoms. The van der Waals surface area contributed by atoms with Crippen molar-refractivity contribution in [3.05, 3.63) is 28.3 Å². The second-order valence-electron chi connectivity index (χ2n) is 5.32. The second kappa shape index (κ2) is 6.60. The van der Waals surface area contributed by atoms with Gasteiger partial charge in [-0.25, -0.2) is 0 Å². The summed E-state index contributed by atoms with van der Waals surface area (Å²) in [4.78, 5) is 2.39. The van der Waals surface area contributed by atoms with E-state index in [9.17, 15) is 0 Å². The Morgan fingerprint density at radius 2 is 2.26 bits per heavy atom. The van der Waals surface area contributed by atoms with Gasteiger partial charge in [-0.3, -0.25) is 4.90 Å². The highest BCUT2D eigenvalue weighted by Crippen LogP contribution is 2.33. The maximum absolute atomic E-state index is 6.19. The predicted octanol–water partition coefficient (Wildman–Crippen LogP) is 2.69. The SMILES string of the molecule is CCN(Cc1cc(Cl)cc2c1OCC2)CC(C)CN. The van der Waals surface area contributed by atoms with Gasteiger partial charge in [-0.2, -0.15) is 0 Å². The minimum absolute atomic E-state index is 0.508. The van der Waals surface area contributed by atoms with Gasteiger partial charge in [-0.15, -0.1) is 0 Å². The Morgan fingerprint density at radius 1 is 1.47 bits per heavy atom. The molecule has 1 aliphatic rings. The molecule has 1 aromatic carbocycles. The molecule has 0 fully saturated rings. The van der Waals surface area contributed by atoms with Crippen LogP contribution in [-0.4, -0.2) is 31.1 Å². The zero-order valence-corrected chi connectivity index (χ0v) is 12.5. The van der Waals surface area contributed by atoms with Crippen LogP contribution >= 0.6 is 11.6 Å². The van der Waals surface area contributed by atoms with Crippen molar-refractivity contribution in [1.82, 2.24) is 4.90 Å². The fourth-order valence-corrected chi connectivity index (χ4v) is 2.79. The van der Waals surface area contributed by atoms with E-state index in [0.717, 1.165) is 50.0 Å². The molecule has 1 aromatic rings. The number of fused-ring (bicyclic) bond motifs is 1. The molecule has 0 aliphatic carbocycles. The lowest BCUT2D eigenvalue weighted by Gasteiger charge is -2.24. The van der Waals surface area contributed by atoms with Crippen molar-refractivity contribution in [2.75, 3.05) is 26.2 Å². The molecule has 0 saturated heterocycles. The van der Waals surface area contributed by atoms with Gasteiger partial charge in [0.1, 0.15) is 5.75 Å². The molecule has 1 unspecified atom stereocenters. The number of hydrogen-bond donors (Lipinski definition) is 1. The molecular weight excluding hydrogens is 260 g/mol. The molecule has 1 aliphatic heterocycles. The van der Waals surface area contributed by atoms with Crippen LogP contribution < -0.4 is 10.5 Å². The number of nitrogens with two attached hydrogens (primary N) is 1. The fourth-order valence-electron chi connectivity index (χ4n) is 2.53. The topological polar surface area (TPSA) is 38.5 Å². The van der Waals surface area contributed by atoms with Gasteiger partial charge < -0.3 is 10.5 Å². The molecule has 3 nitrogen and oxygen atoms in total. The first-order valence-corrected chi connectivity index (χ1v) is 7.38. The fraction of sp³-hybridized carbons (Fsp3) is 0.600. The quantitative estimate of drug-likeness (QED) is 0.872. The summed E-state index contributed by atoms with van der Waals surface area (Å²) in [7, 11) is 0. The molecule has 2 N–H and O–H groups in total. The van der Waals surface area contributed by atoms with E-state index in [1.165, 1.54) is 11.1 Å². The van der Waals surface area contributed by atoms with Crippen LogP contribution in [0.1, 0.15) is 25.0 Å². The Bertz CT molecular complexity index is 436.